The molecular formula is C16H24O4S. The average molecular weight is 312 g/mol. The van der Waals surface area contributed by atoms with Gasteiger partial charge in [-0.15, -0.1) is 11.8 Å². The van der Waals surface area contributed by atoms with Crippen LogP contribution in [0.3, 0.4) is 0 Å². The molecule has 21 heavy (non-hydrogen) atoms. The van der Waals surface area contributed by atoms with Crippen molar-refractivity contribution in [3.05, 3.63) is 35.9 Å². The zero-order valence-electron chi connectivity index (χ0n) is 12.4. The smallest absolute Gasteiger partial charge is 0.316 e. The number of carboxylic acids is 1. The van der Waals surface area contributed by atoms with Crippen LogP contribution >= 0.6 is 11.8 Å². The fourth-order valence-corrected chi connectivity index (χ4v) is 2.79. The van der Waals surface area contributed by atoms with Gasteiger partial charge in [0.15, 0.2) is 0 Å². The highest BCUT2D eigenvalue weighted by molar-refractivity contribution is 8.00. The van der Waals surface area contributed by atoms with Gasteiger partial charge in [-0.25, -0.2) is 0 Å². The highest BCUT2D eigenvalue weighted by Crippen LogP contribution is 2.18. The first-order chi connectivity index (χ1) is 10.1. The second-order valence-corrected chi connectivity index (χ2v) is 6.17. The molecule has 0 heterocycles. The van der Waals surface area contributed by atoms with Gasteiger partial charge in [0, 0.05) is 12.4 Å². The molecule has 0 aromatic heterocycles. The first-order valence-electron chi connectivity index (χ1n) is 7.27. The number of unbranched alkanes of at least 4 members (excludes halogenated alkanes) is 1. The van der Waals surface area contributed by atoms with Gasteiger partial charge in [0.1, 0.15) is 5.25 Å². The van der Waals surface area contributed by atoms with E-state index in [2.05, 4.69) is 6.92 Å². The van der Waals surface area contributed by atoms with Crippen LogP contribution in [0.4, 0.5) is 0 Å². The van der Waals surface area contributed by atoms with E-state index in [-0.39, 0.29) is 6.61 Å². The molecule has 0 aliphatic heterocycles. The molecule has 0 radical (unpaired) electrons. The minimum absolute atomic E-state index is 0.269. The third kappa shape index (κ3) is 8.09. The van der Waals surface area contributed by atoms with E-state index in [4.69, 9.17) is 4.74 Å². The Labute approximate surface area is 130 Å². The Kier molecular flexibility index (Phi) is 9.14. The van der Waals surface area contributed by atoms with E-state index in [0.29, 0.717) is 18.8 Å². The van der Waals surface area contributed by atoms with E-state index < -0.39 is 17.3 Å². The second kappa shape index (κ2) is 10.7. The molecule has 0 aliphatic rings. The van der Waals surface area contributed by atoms with Crippen molar-refractivity contribution in [2.45, 2.75) is 37.5 Å². The van der Waals surface area contributed by atoms with Crippen LogP contribution < -0.4 is 0 Å². The topological polar surface area (TPSA) is 66.8 Å². The molecule has 4 nitrogen and oxygen atoms in total. The maximum absolute atomic E-state index is 11.3. The molecule has 0 aliphatic carbocycles. The molecule has 2 unspecified atom stereocenters. The standard InChI is InChI=1S/C16H24O4S/c1-2-3-9-20-11-14(17)12-21-15(16(18)19)10-13-7-5-4-6-8-13/h4-8,14-15,17H,2-3,9-12H2,1H3,(H,18,19). The van der Waals surface area contributed by atoms with Crippen molar-refractivity contribution in [1.82, 2.24) is 0 Å². The molecule has 0 spiro atoms. The first kappa shape index (κ1) is 18.0. The van der Waals surface area contributed by atoms with Gasteiger partial charge in [0.25, 0.3) is 0 Å². The minimum Gasteiger partial charge on any atom is -0.480 e. The number of ether oxygens (including phenoxy) is 1. The lowest BCUT2D eigenvalue weighted by Gasteiger charge is -2.15. The largest absolute Gasteiger partial charge is 0.480 e. The molecule has 5 heteroatoms. The molecule has 2 N–H and O–H groups in total. The van der Waals surface area contributed by atoms with E-state index in [1.54, 1.807) is 0 Å². The lowest BCUT2D eigenvalue weighted by atomic mass is 10.1. The van der Waals surface area contributed by atoms with E-state index in [1.165, 1.54) is 11.8 Å². The second-order valence-electron chi connectivity index (χ2n) is 4.93. The van der Waals surface area contributed by atoms with Gasteiger partial charge < -0.3 is 14.9 Å². The number of rotatable bonds is 11. The number of carbonyl (C=O) groups is 1. The van der Waals surface area contributed by atoms with Gasteiger partial charge in [-0.1, -0.05) is 43.7 Å². The summed E-state index contributed by atoms with van der Waals surface area (Å²) in [4.78, 5) is 11.3. The molecular weight excluding hydrogens is 288 g/mol. The van der Waals surface area contributed by atoms with Crippen molar-refractivity contribution >= 4 is 17.7 Å². The highest BCUT2D eigenvalue weighted by Gasteiger charge is 2.20. The van der Waals surface area contributed by atoms with Crippen molar-refractivity contribution in [2.24, 2.45) is 0 Å². The summed E-state index contributed by atoms with van der Waals surface area (Å²) in [5.41, 5.74) is 0.992. The number of hydrogen-bond donors (Lipinski definition) is 2. The fourth-order valence-electron chi connectivity index (χ4n) is 1.79. The van der Waals surface area contributed by atoms with Gasteiger partial charge in [-0.2, -0.15) is 0 Å². The number of benzene rings is 1. The summed E-state index contributed by atoms with van der Waals surface area (Å²) in [6.45, 7) is 2.99. The summed E-state index contributed by atoms with van der Waals surface area (Å²) in [5, 5.41) is 18.5. The fraction of sp³-hybridized carbons (Fsp3) is 0.562. The van der Waals surface area contributed by atoms with Crippen molar-refractivity contribution < 1.29 is 19.7 Å². The van der Waals surface area contributed by atoms with E-state index in [0.717, 1.165) is 18.4 Å². The Morgan fingerprint density at radius 1 is 1.33 bits per heavy atom. The lowest BCUT2D eigenvalue weighted by molar-refractivity contribution is -0.136. The predicted octanol–water partition coefficient (Wildman–Crippen LogP) is 2.59. The van der Waals surface area contributed by atoms with Crippen LogP contribution in [0.5, 0.6) is 0 Å². The zero-order valence-corrected chi connectivity index (χ0v) is 13.2. The van der Waals surface area contributed by atoms with Crippen molar-refractivity contribution in [3.8, 4) is 0 Å². The number of thioether (sulfide) groups is 1. The quantitative estimate of drug-likeness (QED) is 0.615. The van der Waals surface area contributed by atoms with Crippen LogP contribution in [0.1, 0.15) is 25.3 Å². The van der Waals surface area contributed by atoms with Gasteiger partial charge in [-0.05, 0) is 18.4 Å². The minimum atomic E-state index is -0.844. The summed E-state index contributed by atoms with van der Waals surface area (Å²) in [6, 6.07) is 9.54. The Hall–Kier alpha value is -1.04. The molecule has 0 saturated heterocycles. The highest BCUT2D eigenvalue weighted by atomic mass is 32.2. The number of aliphatic hydroxyl groups is 1. The monoisotopic (exact) mass is 312 g/mol. The molecule has 0 amide bonds. The van der Waals surface area contributed by atoms with Gasteiger partial charge in [-0.3, -0.25) is 4.79 Å². The van der Waals surface area contributed by atoms with Gasteiger partial charge in [0.05, 0.1) is 12.7 Å². The Morgan fingerprint density at radius 3 is 2.67 bits per heavy atom. The first-order valence-corrected chi connectivity index (χ1v) is 8.32. The van der Waals surface area contributed by atoms with Crippen molar-refractivity contribution in [1.29, 1.82) is 0 Å². The summed E-state index contributed by atoms with van der Waals surface area (Å²) in [5.74, 6) is -0.474. The third-order valence-corrected chi connectivity index (χ3v) is 4.33. The van der Waals surface area contributed by atoms with Crippen molar-refractivity contribution in [2.75, 3.05) is 19.0 Å². The maximum atomic E-state index is 11.3. The van der Waals surface area contributed by atoms with Crippen LogP contribution in [-0.4, -0.2) is 46.5 Å². The molecule has 0 bridgehead atoms. The van der Waals surface area contributed by atoms with Gasteiger partial charge in [0.2, 0.25) is 0 Å². The van der Waals surface area contributed by atoms with Crippen LogP contribution in [0.15, 0.2) is 30.3 Å². The summed E-state index contributed by atoms with van der Waals surface area (Å²) in [6.07, 6.45) is 1.88. The number of carboxylic acid groups (broad SMARTS) is 1. The summed E-state index contributed by atoms with van der Waals surface area (Å²) in [7, 11) is 0. The van der Waals surface area contributed by atoms with Crippen LogP contribution in [0.25, 0.3) is 0 Å². The SMILES string of the molecule is CCCCOCC(O)CSC(Cc1ccccc1)C(=O)O. The molecule has 1 aromatic carbocycles. The van der Waals surface area contributed by atoms with Crippen LogP contribution in [0.2, 0.25) is 0 Å². The number of hydrogen-bond acceptors (Lipinski definition) is 4. The predicted molar refractivity (Wildman–Crippen MR) is 85.8 cm³/mol. The molecule has 2 atom stereocenters. The molecule has 0 fully saturated rings. The van der Waals surface area contributed by atoms with Gasteiger partial charge >= 0.3 is 5.97 Å². The normalized spacial score (nSPS) is 13.8. The van der Waals surface area contributed by atoms with Crippen LogP contribution in [0, 0.1) is 0 Å². The zero-order chi connectivity index (χ0) is 15.5. The molecule has 1 rings (SSSR count). The Bertz CT molecular complexity index is 397. The average Bonchev–Trinajstić information content (AvgIpc) is 2.48. The van der Waals surface area contributed by atoms with Crippen molar-refractivity contribution in [3.63, 3.8) is 0 Å². The summed E-state index contributed by atoms with van der Waals surface area (Å²) >= 11 is 1.27. The van der Waals surface area contributed by atoms with E-state index >= 15 is 0 Å². The lowest BCUT2D eigenvalue weighted by Crippen LogP contribution is -2.25. The van der Waals surface area contributed by atoms with Crippen LogP contribution in [-0.2, 0) is 16.0 Å². The Morgan fingerprint density at radius 2 is 2.05 bits per heavy atom. The van der Waals surface area contributed by atoms with E-state index in [1.807, 2.05) is 30.3 Å². The van der Waals surface area contributed by atoms with E-state index in [9.17, 15) is 15.0 Å². The maximum Gasteiger partial charge on any atom is 0.316 e. The molecule has 1 aromatic rings. The number of aliphatic hydroxyl groups excluding tert-OH is 1. The molecule has 0 saturated carbocycles. The third-order valence-electron chi connectivity index (χ3n) is 2.98. The Balaban J connectivity index is 2.32. The number of aliphatic carboxylic acids is 1. The molecule has 118 valence electrons. The summed E-state index contributed by atoms with van der Waals surface area (Å²) < 4.78 is 5.34.